The Morgan fingerprint density at radius 3 is 2.41 bits per heavy atom. The predicted molar refractivity (Wildman–Crippen MR) is 101 cm³/mol. The second-order valence-electron chi connectivity index (χ2n) is 8.04. The molecule has 0 bridgehead atoms. The Bertz CT molecular complexity index is 673. The van der Waals surface area contributed by atoms with Crippen LogP contribution in [0.4, 0.5) is 5.69 Å². The first kappa shape index (κ1) is 14.8. The monoisotopic (exact) mass is 373 g/mol. The first-order chi connectivity index (χ1) is 10.4. The Morgan fingerprint density at radius 1 is 1.05 bits per heavy atom. The maximum Gasteiger partial charge on any atom is 0.147 e. The van der Waals surface area contributed by atoms with E-state index in [1.165, 1.54) is 10.2 Å². The lowest BCUT2D eigenvalue weighted by atomic mass is 9.84. The van der Waals surface area contributed by atoms with Crippen molar-refractivity contribution in [3.63, 3.8) is 0 Å². The van der Waals surface area contributed by atoms with Crippen LogP contribution in [0, 0.1) is 17.8 Å². The average molecular weight is 374 g/mol. The summed E-state index contributed by atoms with van der Waals surface area (Å²) >= 11 is 3.69. The Kier molecular flexibility index (Phi) is 3.25. The van der Waals surface area contributed by atoms with Crippen molar-refractivity contribution >= 4 is 29.9 Å². The second kappa shape index (κ2) is 4.84. The number of rotatable bonds is 1. The van der Waals surface area contributed by atoms with Crippen LogP contribution in [-0.2, 0) is 0 Å². The average Bonchev–Trinajstić information content (AvgIpc) is 2.93. The quantitative estimate of drug-likeness (QED) is 0.582. The number of fused-ring (bicyclic) bond motifs is 5. The normalized spacial score (nSPS) is 35.5. The van der Waals surface area contributed by atoms with Crippen molar-refractivity contribution in [2.75, 3.05) is 4.57 Å². The topological polar surface area (TPSA) is 3.24 Å². The minimum absolute atomic E-state index is 0.650. The van der Waals surface area contributed by atoms with Crippen LogP contribution >= 0.6 is 15.9 Å². The maximum atomic E-state index is 3.69. The van der Waals surface area contributed by atoms with Gasteiger partial charge in [-0.2, -0.15) is 0 Å². The summed E-state index contributed by atoms with van der Waals surface area (Å²) < 4.78 is 4.06. The summed E-state index contributed by atoms with van der Waals surface area (Å²) in [6.45, 7) is 9.93. The van der Waals surface area contributed by atoms with Crippen molar-refractivity contribution in [2.24, 2.45) is 17.8 Å². The van der Waals surface area contributed by atoms with Crippen molar-refractivity contribution in [3.05, 3.63) is 52.5 Å². The van der Waals surface area contributed by atoms with Crippen molar-refractivity contribution in [2.45, 2.75) is 38.5 Å². The minimum atomic E-state index is -1.42. The molecule has 4 rings (SSSR count). The summed E-state index contributed by atoms with van der Waals surface area (Å²) in [4.78, 5) is 0. The highest BCUT2D eigenvalue weighted by Gasteiger charge is 2.56. The first-order valence-corrected chi connectivity index (χ1v) is 12.6. The van der Waals surface area contributed by atoms with E-state index in [2.05, 4.69) is 89.6 Å². The molecular formula is C19H24BrNSi. The molecule has 1 aromatic carbocycles. The molecule has 0 aromatic heterocycles. The zero-order chi connectivity index (χ0) is 15.6. The second-order valence-corrected chi connectivity index (χ2v) is 13.8. The lowest BCUT2D eigenvalue weighted by Gasteiger charge is -2.41. The van der Waals surface area contributed by atoms with Gasteiger partial charge >= 0.3 is 0 Å². The molecule has 5 unspecified atom stereocenters. The SMILES string of the molecule is CC1C2C=CC=CC2C2C1c1cc(Br)ccc1N2[Si](C)(C)C. The summed E-state index contributed by atoms with van der Waals surface area (Å²) in [6, 6.07) is 7.59. The molecule has 1 nitrogen and oxygen atoms in total. The number of allylic oxidation sites excluding steroid dienone is 3. The molecule has 1 heterocycles. The lowest BCUT2D eigenvalue weighted by Crippen LogP contribution is -2.52. The van der Waals surface area contributed by atoms with Gasteiger partial charge in [-0.05, 0) is 35.6 Å². The highest BCUT2D eigenvalue weighted by molar-refractivity contribution is 9.10. The Balaban J connectivity index is 1.91. The standard InChI is InChI=1S/C19H24BrNSi/c1-12-14-7-5-6-8-15(14)19-18(12)16-11-13(20)9-10-17(16)21(19)22(2,3)4/h5-12,14-15,18-19H,1-4H3. The zero-order valence-electron chi connectivity index (χ0n) is 13.8. The number of benzene rings is 1. The van der Waals surface area contributed by atoms with Gasteiger partial charge < -0.3 is 4.57 Å². The molecule has 3 heteroatoms. The number of hydrogen-bond donors (Lipinski definition) is 0. The molecule has 1 aromatic rings. The van der Waals surface area contributed by atoms with Gasteiger partial charge in [0, 0.05) is 28.0 Å². The molecule has 1 fully saturated rings. The molecule has 0 saturated heterocycles. The molecule has 0 spiro atoms. The molecule has 3 aliphatic rings. The van der Waals surface area contributed by atoms with E-state index in [1.54, 1.807) is 5.56 Å². The fourth-order valence-corrected chi connectivity index (χ4v) is 7.61. The molecule has 1 aliphatic heterocycles. The number of anilines is 1. The molecule has 5 atom stereocenters. The van der Waals surface area contributed by atoms with E-state index in [0.717, 1.165) is 0 Å². The largest absolute Gasteiger partial charge is 0.394 e. The zero-order valence-corrected chi connectivity index (χ0v) is 16.3. The lowest BCUT2D eigenvalue weighted by molar-refractivity contribution is 0.429. The van der Waals surface area contributed by atoms with Crippen LogP contribution in [0.2, 0.25) is 19.6 Å². The molecule has 116 valence electrons. The van der Waals surface area contributed by atoms with Gasteiger partial charge in [0.1, 0.15) is 8.24 Å². The fourth-order valence-electron chi connectivity index (χ4n) is 5.08. The number of nitrogens with zero attached hydrogens (tertiary/aromatic N) is 1. The summed E-state index contributed by atoms with van der Waals surface area (Å²) in [5.41, 5.74) is 3.08. The Labute approximate surface area is 143 Å². The summed E-state index contributed by atoms with van der Waals surface area (Å²) in [7, 11) is -1.42. The Hall–Kier alpha value is -0.803. The van der Waals surface area contributed by atoms with E-state index in [0.29, 0.717) is 29.7 Å². The van der Waals surface area contributed by atoms with Gasteiger partial charge in [-0.25, -0.2) is 0 Å². The predicted octanol–water partition coefficient (Wildman–Crippen LogP) is 5.56. The fraction of sp³-hybridized carbons (Fsp3) is 0.474. The highest BCUT2D eigenvalue weighted by Crippen LogP contribution is 2.59. The molecule has 1 saturated carbocycles. The van der Waals surface area contributed by atoms with E-state index in [4.69, 9.17) is 0 Å². The van der Waals surface area contributed by atoms with Crippen LogP contribution in [0.5, 0.6) is 0 Å². The van der Waals surface area contributed by atoms with Crippen LogP contribution in [0.3, 0.4) is 0 Å². The van der Waals surface area contributed by atoms with Crippen LogP contribution in [-0.4, -0.2) is 14.3 Å². The molecule has 22 heavy (non-hydrogen) atoms. The van der Waals surface area contributed by atoms with Crippen LogP contribution in [0.15, 0.2) is 47.0 Å². The highest BCUT2D eigenvalue weighted by atomic mass is 79.9. The summed E-state index contributed by atoms with van der Waals surface area (Å²) in [5, 5.41) is 0. The van der Waals surface area contributed by atoms with E-state index >= 15 is 0 Å². The van der Waals surface area contributed by atoms with Crippen LogP contribution < -0.4 is 4.57 Å². The molecule has 2 aliphatic carbocycles. The van der Waals surface area contributed by atoms with Gasteiger partial charge in [0.25, 0.3) is 0 Å². The van der Waals surface area contributed by atoms with Gasteiger partial charge in [0.15, 0.2) is 0 Å². The van der Waals surface area contributed by atoms with Crippen molar-refractivity contribution in [1.29, 1.82) is 0 Å². The third-order valence-electron chi connectivity index (χ3n) is 5.79. The van der Waals surface area contributed by atoms with Gasteiger partial charge in [0.2, 0.25) is 0 Å². The van der Waals surface area contributed by atoms with Crippen LogP contribution in [0.1, 0.15) is 18.4 Å². The van der Waals surface area contributed by atoms with Gasteiger partial charge in [-0.1, -0.05) is 66.8 Å². The van der Waals surface area contributed by atoms with E-state index in [9.17, 15) is 0 Å². The third kappa shape index (κ3) is 1.94. The Morgan fingerprint density at radius 2 is 1.73 bits per heavy atom. The minimum Gasteiger partial charge on any atom is -0.394 e. The van der Waals surface area contributed by atoms with Crippen molar-refractivity contribution in [1.82, 2.24) is 0 Å². The van der Waals surface area contributed by atoms with Crippen molar-refractivity contribution in [3.8, 4) is 0 Å². The van der Waals surface area contributed by atoms with Gasteiger partial charge in [-0.15, -0.1) is 0 Å². The van der Waals surface area contributed by atoms with Crippen molar-refractivity contribution < 1.29 is 0 Å². The summed E-state index contributed by atoms with van der Waals surface area (Å²) in [5.74, 6) is 2.75. The van der Waals surface area contributed by atoms with Crippen LogP contribution in [0.25, 0.3) is 0 Å². The number of hydrogen-bond acceptors (Lipinski definition) is 1. The maximum absolute atomic E-state index is 3.69. The van der Waals surface area contributed by atoms with E-state index < -0.39 is 8.24 Å². The van der Waals surface area contributed by atoms with Gasteiger partial charge in [0.05, 0.1) is 0 Å². The number of halogens is 1. The van der Waals surface area contributed by atoms with Gasteiger partial charge in [-0.3, -0.25) is 0 Å². The van der Waals surface area contributed by atoms with E-state index in [-0.39, 0.29) is 0 Å². The van der Waals surface area contributed by atoms with E-state index in [1.807, 2.05) is 0 Å². The molecular weight excluding hydrogens is 350 g/mol. The third-order valence-corrected chi connectivity index (χ3v) is 8.26. The molecule has 0 amide bonds. The summed E-state index contributed by atoms with van der Waals surface area (Å²) in [6.07, 6.45) is 9.44. The molecule has 0 N–H and O–H groups in total. The molecule has 0 radical (unpaired) electrons. The smallest absolute Gasteiger partial charge is 0.147 e. The first-order valence-electron chi connectivity index (χ1n) is 8.33.